The van der Waals surface area contributed by atoms with Crippen molar-refractivity contribution in [1.29, 1.82) is 0 Å². The number of nitrogens with zero attached hydrogens (tertiary/aromatic N) is 2. The van der Waals surface area contributed by atoms with Crippen molar-refractivity contribution in [2.75, 3.05) is 39.8 Å². The van der Waals surface area contributed by atoms with Crippen molar-refractivity contribution in [2.45, 2.75) is 65.0 Å². The lowest BCUT2D eigenvalue weighted by atomic mass is 9.78. The Morgan fingerprint density at radius 3 is 2.67 bits per heavy atom. The molecule has 124 valence electrons. The Bertz CT molecular complexity index is 292. The van der Waals surface area contributed by atoms with Crippen LogP contribution in [0.1, 0.15) is 52.9 Å². The summed E-state index contributed by atoms with van der Waals surface area (Å²) < 4.78 is 0. The van der Waals surface area contributed by atoms with E-state index in [1.165, 1.54) is 64.8 Å². The van der Waals surface area contributed by atoms with Gasteiger partial charge < -0.3 is 15.1 Å². The molecule has 2 rings (SSSR count). The highest BCUT2D eigenvalue weighted by Crippen LogP contribution is 2.30. The molecule has 1 heterocycles. The van der Waals surface area contributed by atoms with E-state index in [1.54, 1.807) is 0 Å². The number of likely N-dealkylation sites (N-methyl/N-ethyl adjacent to an activating group) is 1. The van der Waals surface area contributed by atoms with Crippen LogP contribution in [0.3, 0.4) is 0 Å². The largest absolute Gasteiger partial charge is 0.314 e. The third kappa shape index (κ3) is 4.94. The summed E-state index contributed by atoms with van der Waals surface area (Å²) in [6.07, 6.45) is 6.76. The molecule has 1 saturated heterocycles. The lowest BCUT2D eigenvalue weighted by Gasteiger charge is -2.43. The normalized spacial score (nSPS) is 36.0. The lowest BCUT2D eigenvalue weighted by Crippen LogP contribution is -2.54. The molecular weight excluding hydrogens is 258 g/mol. The summed E-state index contributed by atoms with van der Waals surface area (Å²) in [4.78, 5) is 5.30. The zero-order chi connectivity index (χ0) is 15.2. The van der Waals surface area contributed by atoms with Crippen molar-refractivity contribution >= 4 is 0 Å². The second-order valence-electron chi connectivity index (χ2n) is 7.54. The Morgan fingerprint density at radius 2 is 1.95 bits per heavy atom. The van der Waals surface area contributed by atoms with Crippen LogP contribution in [0.2, 0.25) is 0 Å². The SMILES string of the molecule is CCCNC1CCC(C)CC1CN1CCN(C)C(CC)C1. The Labute approximate surface area is 132 Å². The van der Waals surface area contributed by atoms with Crippen LogP contribution >= 0.6 is 0 Å². The van der Waals surface area contributed by atoms with E-state index in [-0.39, 0.29) is 0 Å². The summed E-state index contributed by atoms with van der Waals surface area (Å²) in [6, 6.07) is 1.53. The number of rotatable bonds is 6. The third-order valence-corrected chi connectivity index (χ3v) is 5.73. The first-order chi connectivity index (χ1) is 10.1. The van der Waals surface area contributed by atoms with Gasteiger partial charge in [0.05, 0.1) is 0 Å². The van der Waals surface area contributed by atoms with E-state index in [1.807, 2.05) is 0 Å². The van der Waals surface area contributed by atoms with E-state index >= 15 is 0 Å². The highest BCUT2D eigenvalue weighted by Gasteiger charge is 2.31. The molecule has 2 aliphatic rings. The van der Waals surface area contributed by atoms with E-state index < -0.39 is 0 Å². The third-order valence-electron chi connectivity index (χ3n) is 5.73. The molecule has 21 heavy (non-hydrogen) atoms. The van der Waals surface area contributed by atoms with Gasteiger partial charge in [-0.15, -0.1) is 0 Å². The average molecular weight is 296 g/mol. The molecule has 3 nitrogen and oxygen atoms in total. The molecular formula is C18H37N3. The van der Waals surface area contributed by atoms with E-state index in [0.29, 0.717) is 0 Å². The van der Waals surface area contributed by atoms with Crippen LogP contribution in [-0.4, -0.2) is 61.7 Å². The van der Waals surface area contributed by atoms with Crippen LogP contribution in [-0.2, 0) is 0 Å². The van der Waals surface area contributed by atoms with Gasteiger partial charge in [-0.3, -0.25) is 0 Å². The lowest BCUT2D eigenvalue weighted by molar-refractivity contribution is 0.0638. The van der Waals surface area contributed by atoms with Gasteiger partial charge in [-0.05, 0) is 57.5 Å². The van der Waals surface area contributed by atoms with Gasteiger partial charge in [-0.25, -0.2) is 0 Å². The van der Waals surface area contributed by atoms with Gasteiger partial charge in [0.2, 0.25) is 0 Å². The van der Waals surface area contributed by atoms with Crippen molar-refractivity contribution in [3.63, 3.8) is 0 Å². The Morgan fingerprint density at radius 1 is 1.14 bits per heavy atom. The minimum Gasteiger partial charge on any atom is -0.314 e. The topological polar surface area (TPSA) is 18.5 Å². The zero-order valence-electron chi connectivity index (χ0n) is 14.8. The molecule has 0 spiro atoms. The summed E-state index contributed by atoms with van der Waals surface area (Å²) >= 11 is 0. The molecule has 1 N–H and O–H groups in total. The molecule has 1 saturated carbocycles. The van der Waals surface area contributed by atoms with Gasteiger partial charge >= 0.3 is 0 Å². The minimum absolute atomic E-state index is 0.765. The highest BCUT2D eigenvalue weighted by atomic mass is 15.3. The van der Waals surface area contributed by atoms with Crippen LogP contribution in [0, 0.1) is 11.8 Å². The summed E-state index contributed by atoms with van der Waals surface area (Å²) in [5, 5.41) is 3.83. The van der Waals surface area contributed by atoms with E-state index in [2.05, 4.69) is 42.9 Å². The summed E-state index contributed by atoms with van der Waals surface area (Å²) in [5.74, 6) is 1.78. The molecule has 4 unspecified atom stereocenters. The van der Waals surface area contributed by atoms with Crippen LogP contribution in [0.15, 0.2) is 0 Å². The molecule has 0 aromatic rings. The van der Waals surface area contributed by atoms with E-state index in [4.69, 9.17) is 0 Å². The van der Waals surface area contributed by atoms with Gasteiger partial charge in [-0.2, -0.15) is 0 Å². The first-order valence-corrected chi connectivity index (χ1v) is 9.30. The zero-order valence-corrected chi connectivity index (χ0v) is 14.8. The number of hydrogen-bond acceptors (Lipinski definition) is 3. The predicted octanol–water partition coefficient (Wildman–Crippen LogP) is 2.82. The molecule has 1 aliphatic heterocycles. The fraction of sp³-hybridized carbons (Fsp3) is 1.00. The van der Waals surface area contributed by atoms with E-state index in [0.717, 1.165) is 23.9 Å². The number of hydrogen-bond donors (Lipinski definition) is 1. The molecule has 1 aliphatic carbocycles. The molecule has 3 heteroatoms. The maximum Gasteiger partial charge on any atom is 0.0218 e. The van der Waals surface area contributed by atoms with E-state index in [9.17, 15) is 0 Å². The Balaban J connectivity index is 1.88. The van der Waals surface area contributed by atoms with Gasteiger partial charge in [0, 0.05) is 38.3 Å². The summed E-state index contributed by atoms with van der Waals surface area (Å²) in [5.41, 5.74) is 0. The van der Waals surface area contributed by atoms with Crippen LogP contribution in [0.25, 0.3) is 0 Å². The highest BCUT2D eigenvalue weighted by molar-refractivity contribution is 4.88. The average Bonchev–Trinajstić information content (AvgIpc) is 2.48. The van der Waals surface area contributed by atoms with Gasteiger partial charge in [0.1, 0.15) is 0 Å². The number of piperazine rings is 1. The smallest absolute Gasteiger partial charge is 0.0218 e. The molecule has 0 radical (unpaired) electrons. The van der Waals surface area contributed by atoms with Crippen LogP contribution < -0.4 is 5.32 Å². The first-order valence-electron chi connectivity index (χ1n) is 9.30. The minimum atomic E-state index is 0.765. The van der Waals surface area contributed by atoms with Gasteiger partial charge in [0.25, 0.3) is 0 Å². The molecule has 2 fully saturated rings. The van der Waals surface area contributed by atoms with Crippen molar-refractivity contribution < 1.29 is 0 Å². The van der Waals surface area contributed by atoms with Crippen molar-refractivity contribution in [2.24, 2.45) is 11.8 Å². The van der Waals surface area contributed by atoms with Crippen molar-refractivity contribution in [3.05, 3.63) is 0 Å². The number of nitrogens with one attached hydrogen (secondary N) is 1. The maximum atomic E-state index is 3.83. The standard InChI is InChI=1S/C18H37N3/c1-5-9-19-18-8-7-15(3)12-16(18)13-21-11-10-20(4)17(6-2)14-21/h15-19H,5-14H2,1-4H3. The molecule has 0 aromatic carbocycles. The van der Waals surface area contributed by atoms with Gasteiger partial charge in [0.15, 0.2) is 0 Å². The molecule has 4 atom stereocenters. The van der Waals surface area contributed by atoms with Crippen LogP contribution in [0.5, 0.6) is 0 Å². The van der Waals surface area contributed by atoms with Crippen molar-refractivity contribution in [3.8, 4) is 0 Å². The second kappa shape index (κ2) is 8.50. The molecule has 0 aromatic heterocycles. The summed E-state index contributed by atoms with van der Waals surface area (Å²) in [6.45, 7) is 13.3. The monoisotopic (exact) mass is 295 g/mol. The van der Waals surface area contributed by atoms with Crippen LogP contribution in [0.4, 0.5) is 0 Å². The maximum absolute atomic E-state index is 3.83. The Kier molecular flexibility index (Phi) is 6.97. The predicted molar refractivity (Wildman–Crippen MR) is 91.7 cm³/mol. The Hall–Kier alpha value is -0.120. The molecule has 0 bridgehead atoms. The summed E-state index contributed by atoms with van der Waals surface area (Å²) in [7, 11) is 2.29. The van der Waals surface area contributed by atoms with Crippen molar-refractivity contribution in [1.82, 2.24) is 15.1 Å². The fourth-order valence-corrected chi connectivity index (χ4v) is 4.25. The van der Waals surface area contributed by atoms with Gasteiger partial charge in [-0.1, -0.05) is 20.8 Å². The fourth-order valence-electron chi connectivity index (χ4n) is 4.25. The first kappa shape index (κ1) is 17.2. The quantitative estimate of drug-likeness (QED) is 0.813. The molecule has 0 amide bonds. The second-order valence-corrected chi connectivity index (χ2v) is 7.54.